The van der Waals surface area contributed by atoms with Gasteiger partial charge in [0, 0.05) is 10.7 Å². The number of aliphatic carboxylic acids is 1. The lowest BCUT2D eigenvalue weighted by atomic mass is 9.95. The van der Waals surface area contributed by atoms with Crippen molar-refractivity contribution in [2.45, 2.75) is 65.0 Å². The first kappa shape index (κ1) is 23.1. The Labute approximate surface area is 187 Å². The first-order valence-corrected chi connectivity index (χ1v) is 11.2. The predicted octanol–water partition coefficient (Wildman–Crippen LogP) is 4.05. The molecule has 0 radical (unpaired) electrons. The highest BCUT2D eigenvalue weighted by molar-refractivity contribution is 6.30. The highest BCUT2D eigenvalue weighted by Crippen LogP contribution is 2.21. The molecule has 2 aromatic rings. The number of hydrogen-bond acceptors (Lipinski definition) is 3. The van der Waals surface area contributed by atoms with Crippen LogP contribution >= 0.6 is 11.6 Å². The topological polar surface area (TPSA) is 88.4 Å². The summed E-state index contributed by atoms with van der Waals surface area (Å²) in [4.78, 5) is 37.9. The molecule has 0 saturated carbocycles. The third kappa shape index (κ3) is 5.56. The predicted molar refractivity (Wildman–Crippen MR) is 121 cm³/mol. The normalized spacial score (nSPS) is 15.0. The molecule has 1 heterocycles. The molecule has 1 amide bonds. The van der Waals surface area contributed by atoms with E-state index in [1.54, 1.807) is 36.6 Å². The summed E-state index contributed by atoms with van der Waals surface area (Å²) in [6.07, 6.45) is 5.80. The molecule has 6 nitrogen and oxygen atoms in total. The number of carboxylic acids is 1. The van der Waals surface area contributed by atoms with Crippen molar-refractivity contribution in [1.82, 2.24) is 9.88 Å². The van der Waals surface area contributed by atoms with E-state index in [0.717, 1.165) is 55.3 Å². The minimum absolute atomic E-state index is 0.000173. The number of rotatable bonds is 6. The van der Waals surface area contributed by atoms with Gasteiger partial charge in [0.05, 0.1) is 6.54 Å². The number of pyridine rings is 1. The van der Waals surface area contributed by atoms with Crippen molar-refractivity contribution in [3.8, 4) is 0 Å². The van der Waals surface area contributed by atoms with Crippen molar-refractivity contribution in [3.05, 3.63) is 68.1 Å². The molecule has 2 N–H and O–H groups in total. The molecular formula is C24H29ClN2O4. The fraction of sp³-hybridized carbons (Fsp3) is 0.458. The van der Waals surface area contributed by atoms with E-state index in [0.29, 0.717) is 11.6 Å². The third-order valence-electron chi connectivity index (χ3n) is 5.82. The molecule has 166 valence electrons. The van der Waals surface area contributed by atoms with Gasteiger partial charge in [0.15, 0.2) is 0 Å². The lowest BCUT2D eigenvalue weighted by Gasteiger charge is -2.22. The molecule has 0 bridgehead atoms. The number of amides is 1. The van der Waals surface area contributed by atoms with Gasteiger partial charge < -0.3 is 15.0 Å². The van der Waals surface area contributed by atoms with Gasteiger partial charge in [-0.05, 0) is 60.9 Å². The van der Waals surface area contributed by atoms with Gasteiger partial charge in [-0.15, -0.1) is 0 Å². The third-order valence-corrected chi connectivity index (χ3v) is 6.07. The molecule has 1 atom stereocenters. The Bertz CT molecular complexity index is 1010. The van der Waals surface area contributed by atoms with Crippen LogP contribution in [0, 0.1) is 5.92 Å². The summed E-state index contributed by atoms with van der Waals surface area (Å²) in [6.45, 7) is 3.78. The number of hydrogen-bond donors (Lipinski definition) is 2. The smallest absolute Gasteiger partial charge is 0.326 e. The maximum absolute atomic E-state index is 13.4. The Kier molecular flexibility index (Phi) is 7.55. The molecule has 0 unspecified atom stereocenters. The number of carbonyl (C=O) groups excluding carboxylic acids is 1. The number of fused-ring (bicyclic) bond motifs is 1. The largest absolute Gasteiger partial charge is 0.480 e. The molecule has 3 rings (SSSR count). The zero-order valence-corrected chi connectivity index (χ0v) is 18.7. The fourth-order valence-corrected chi connectivity index (χ4v) is 4.19. The molecule has 0 spiro atoms. The highest BCUT2D eigenvalue weighted by Gasteiger charge is 2.27. The number of nitrogens with one attached hydrogen (secondary N) is 1. The Balaban J connectivity index is 2.06. The van der Waals surface area contributed by atoms with Crippen LogP contribution in [-0.4, -0.2) is 27.6 Å². The van der Waals surface area contributed by atoms with Crippen LogP contribution in [0.4, 0.5) is 0 Å². The van der Waals surface area contributed by atoms with Crippen molar-refractivity contribution < 1.29 is 14.7 Å². The van der Waals surface area contributed by atoms with Crippen LogP contribution in [0.25, 0.3) is 0 Å². The van der Waals surface area contributed by atoms with Gasteiger partial charge >= 0.3 is 5.97 Å². The summed E-state index contributed by atoms with van der Waals surface area (Å²) in [6, 6.07) is 7.92. The van der Waals surface area contributed by atoms with Crippen molar-refractivity contribution in [1.29, 1.82) is 0 Å². The van der Waals surface area contributed by atoms with Gasteiger partial charge in [-0.3, -0.25) is 9.59 Å². The van der Waals surface area contributed by atoms with E-state index < -0.39 is 17.9 Å². The van der Waals surface area contributed by atoms with E-state index in [-0.39, 0.29) is 17.0 Å². The molecule has 1 aromatic heterocycles. The SMILES string of the molecule is CC(C)[C@H](NC(=O)c1cc2c(n(Cc3ccc(Cl)cc3)c1=O)CCCCCC2)C(=O)O. The summed E-state index contributed by atoms with van der Waals surface area (Å²) < 4.78 is 1.68. The van der Waals surface area contributed by atoms with Gasteiger partial charge in [-0.1, -0.05) is 50.4 Å². The number of aryl methyl sites for hydroxylation is 1. The second-order valence-corrected chi connectivity index (χ2v) is 8.93. The van der Waals surface area contributed by atoms with Gasteiger partial charge in [0.2, 0.25) is 0 Å². The van der Waals surface area contributed by atoms with E-state index >= 15 is 0 Å². The van der Waals surface area contributed by atoms with Gasteiger partial charge in [0.25, 0.3) is 11.5 Å². The number of carbonyl (C=O) groups is 2. The quantitative estimate of drug-likeness (QED) is 0.703. The highest BCUT2D eigenvalue weighted by atomic mass is 35.5. The van der Waals surface area contributed by atoms with E-state index in [4.69, 9.17) is 11.6 Å². The summed E-state index contributed by atoms with van der Waals surface area (Å²) in [5, 5.41) is 12.6. The first-order valence-electron chi connectivity index (χ1n) is 10.8. The fourth-order valence-electron chi connectivity index (χ4n) is 4.07. The second-order valence-electron chi connectivity index (χ2n) is 8.50. The maximum Gasteiger partial charge on any atom is 0.326 e. The number of aromatic nitrogens is 1. The Morgan fingerprint density at radius 3 is 2.35 bits per heavy atom. The maximum atomic E-state index is 13.4. The van der Waals surface area contributed by atoms with E-state index in [1.165, 1.54) is 0 Å². The molecule has 0 saturated heterocycles. The van der Waals surface area contributed by atoms with Crippen molar-refractivity contribution in [2.75, 3.05) is 0 Å². The minimum Gasteiger partial charge on any atom is -0.480 e. The van der Waals surface area contributed by atoms with E-state index in [2.05, 4.69) is 5.32 Å². The van der Waals surface area contributed by atoms with E-state index in [9.17, 15) is 19.5 Å². The average Bonchev–Trinajstić information content (AvgIpc) is 2.70. The van der Waals surface area contributed by atoms with Gasteiger partial charge in [-0.25, -0.2) is 4.79 Å². The second kappa shape index (κ2) is 10.1. The summed E-state index contributed by atoms with van der Waals surface area (Å²) in [5.41, 5.74) is 2.49. The van der Waals surface area contributed by atoms with Crippen molar-refractivity contribution >= 4 is 23.5 Å². The number of nitrogens with zero attached hydrogens (tertiary/aromatic N) is 1. The Morgan fingerprint density at radius 2 is 1.74 bits per heavy atom. The zero-order valence-electron chi connectivity index (χ0n) is 18.0. The average molecular weight is 445 g/mol. The van der Waals surface area contributed by atoms with Crippen molar-refractivity contribution in [3.63, 3.8) is 0 Å². The van der Waals surface area contributed by atoms with Gasteiger partial charge in [0.1, 0.15) is 11.6 Å². The zero-order chi connectivity index (χ0) is 22.5. The standard InChI is InChI=1S/C24H29ClN2O4/c1-15(2)21(24(30)31)26-22(28)19-13-17-7-5-3-4-6-8-20(17)27(23(19)29)14-16-9-11-18(25)12-10-16/h9-13,15,21H,3-8,14H2,1-2H3,(H,26,28)(H,30,31)/t21-/m0/s1. The van der Waals surface area contributed by atoms with Crippen LogP contribution in [0.15, 0.2) is 35.1 Å². The van der Waals surface area contributed by atoms with Crippen LogP contribution in [0.5, 0.6) is 0 Å². The van der Waals surface area contributed by atoms with Crippen LogP contribution in [0.1, 0.15) is 66.7 Å². The van der Waals surface area contributed by atoms with Gasteiger partial charge in [-0.2, -0.15) is 0 Å². The van der Waals surface area contributed by atoms with E-state index in [1.807, 2.05) is 12.1 Å². The summed E-state index contributed by atoms with van der Waals surface area (Å²) in [5.74, 6) is -2.06. The number of halogens is 1. The Morgan fingerprint density at radius 1 is 1.10 bits per heavy atom. The van der Waals surface area contributed by atoms with Crippen molar-refractivity contribution in [2.24, 2.45) is 5.92 Å². The summed E-state index contributed by atoms with van der Waals surface area (Å²) in [7, 11) is 0. The van der Waals surface area contributed by atoms with Crippen LogP contribution in [0.3, 0.4) is 0 Å². The number of carboxylic acid groups (broad SMARTS) is 1. The molecular weight excluding hydrogens is 416 g/mol. The number of benzene rings is 1. The monoisotopic (exact) mass is 444 g/mol. The molecule has 1 aliphatic carbocycles. The first-order chi connectivity index (χ1) is 14.8. The minimum atomic E-state index is -1.11. The lowest BCUT2D eigenvalue weighted by molar-refractivity contribution is -0.140. The molecule has 0 aliphatic heterocycles. The molecule has 1 aromatic carbocycles. The Hall–Kier alpha value is -2.60. The van der Waals surface area contributed by atoms with Crippen LogP contribution in [-0.2, 0) is 24.2 Å². The van der Waals surface area contributed by atoms with Crippen LogP contribution < -0.4 is 10.9 Å². The molecule has 31 heavy (non-hydrogen) atoms. The van der Waals surface area contributed by atoms with Crippen LogP contribution in [0.2, 0.25) is 5.02 Å². The molecule has 1 aliphatic rings. The molecule has 7 heteroatoms. The lowest BCUT2D eigenvalue weighted by Crippen LogP contribution is -2.46. The molecule has 0 fully saturated rings. The summed E-state index contributed by atoms with van der Waals surface area (Å²) >= 11 is 6.00.